The van der Waals surface area contributed by atoms with Crippen LogP contribution in [-0.2, 0) is 13.6 Å². The monoisotopic (exact) mass is 388 g/mol. The van der Waals surface area contributed by atoms with Crippen LogP contribution >= 0.6 is 0 Å². The zero-order chi connectivity index (χ0) is 19.7. The van der Waals surface area contributed by atoms with Crippen LogP contribution in [0.2, 0.25) is 0 Å². The van der Waals surface area contributed by atoms with E-state index in [1.807, 2.05) is 24.3 Å². The van der Waals surface area contributed by atoms with Gasteiger partial charge in [-0.2, -0.15) is 5.10 Å². The molecule has 28 heavy (non-hydrogen) atoms. The normalized spacial score (nSPS) is 15.2. The molecule has 4 rings (SSSR count). The number of anilines is 1. The Bertz CT molecular complexity index is 958. The van der Waals surface area contributed by atoms with Gasteiger partial charge in [-0.3, -0.25) is 14.6 Å². The first kappa shape index (κ1) is 18.4. The predicted octanol–water partition coefficient (Wildman–Crippen LogP) is 2.62. The largest absolute Gasteiger partial charge is 0.352 e. The van der Waals surface area contributed by atoms with Crippen molar-refractivity contribution < 1.29 is 13.2 Å². The van der Waals surface area contributed by atoms with E-state index in [0.717, 1.165) is 37.3 Å². The highest BCUT2D eigenvalue weighted by Crippen LogP contribution is 2.29. The van der Waals surface area contributed by atoms with Gasteiger partial charge in [0.2, 0.25) is 0 Å². The van der Waals surface area contributed by atoms with Crippen molar-refractivity contribution in [3.63, 3.8) is 0 Å². The molecule has 1 saturated heterocycles. The molecule has 3 heterocycles. The lowest BCUT2D eigenvalue weighted by Gasteiger charge is -2.35. The van der Waals surface area contributed by atoms with Gasteiger partial charge in [-0.1, -0.05) is 0 Å². The lowest BCUT2D eigenvalue weighted by Crippen LogP contribution is -2.46. The zero-order valence-electron chi connectivity index (χ0n) is 15.3. The highest BCUT2D eigenvalue weighted by Gasteiger charge is 2.23. The maximum atomic E-state index is 13.7. The maximum absolute atomic E-state index is 13.7. The molecule has 0 spiro atoms. The second-order valence-electron chi connectivity index (χ2n) is 6.77. The van der Waals surface area contributed by atoms with E-state index in [4.69, 9.17) is 0 Å². The summed E-state index contributed by atoms with van der Waals surface area (Å²) >= 11 is 0. The Kier molecular flexibility index (Phi) is 4.99. The van der Waals surface area contributed by atoms with Crippen LogP contribution in [0.3, 0.4) is 0 Å². The van der Waals surface area contributed by atoms with E-state index in [9.17, 15) is 13.2 Å². The molecule has 0 N–H and O–H groups in total. The number of piperazine rings is 1. The van der Waals surface area contributed by atoms with Gasteiger partial charge < -0.3 is 4.90 Å². The number of benzene rings is 1. The third-order valence-electron chi connectivity index (χ3n) is 4.77. The van der Waals surface area contributed by atoms with Crippen LogP contribution < -0.4 is 4.90 Å². The number of hydrogen-bond acceptors (Lipinski definition) is 5. The molecule has 1 aliphatic heterocycles. The second-order valence-corrected chi connectivity index (χ2v) is 6.77. The minimum atomic E-state index is -1.49. The molecule has 0 aliphatic carbocycles. The van der Waals surface area contributed by atoms with E-state index in [-0.39, 0.29) is 5.56 Å². The van der Waals surface area contributed by atoms with Gasteiger partial charge in [-0.05, 0) is 12.1 Å². The molecular formula is C19H19F3N6. The first-order valence-corrected chi connectivity index (χ1v) is 8.92. The Morgan fingerprint density at radius 3 is 2.29 bits per heavy atom. The molecule has 0 atom stereocenters. The number of aryl methyl sites for hydroxylation is 1. The van der Waals surface area contributed by atoms with Crippen LogP contribution in [0.4, 0.5) is 19.0 Å². The Hall–Kier alpha value is -2.94. The van der Waals surface area contributed by atoms with Gasteiger partial charge in [0.15, 0.2) is 23.3 Å². The van der Waals surface area contributed by atoms with Crippen molar-refractivity contribution in [1.29, 1.82) is 0 Å². The summed E-state index contributed by atoms with van der Waals surface area (Å²) < 4.78 is 42.4. The molecule has 1 fully saturated rings. The van der Waals surface area contributed by atoms with Crippen LogP contribution in [0.1, 0.15) is 5.56 Å². The summed E-state index contributed by atoms with van der Waals surface area (Å²) in [6.07, 6.45) is 6.84. The minimum absolute atomic E-state index is 0.164. The summed E-state index contributed by atoms with van der Waals surface area (Å²) in [5.74, 6) is -3.44. The molecule has 0 amide bonds. The summed E-state index contributed by atoms with van der Waals surface area (Å²) in [6, 6.07) is 1.90. The van der Waals surface area contributed by atoms with Crippen LogP contribution in [-0.4, -0.2) is 50.8 Å². The number of halogens is 3. The fraction of sp³-hybridized carbons (Fsp3) is 0.316. The Morgan fingerprint density at radius 1 is 0.964 bits per heavy atom. The average Bonchev–Trinajstić information content (AvgIpc) is 3.11. The van der Waals surface area contributed by atoms with E-state index in [1.165, 1.54) is 12.4 Å². The summed E-state index contributed by atoms with van der Waals surface area (Å²) in [5.41, 5.74) is 1.65. The SMILES string of the molecule is Cn1cc(CN2CCN(c3nccnc3-c3cc(F)c(F)c(F)c3)CC2)cn1. The average molecular weight is 388 g/mol. The van der Waals surface area contributed by atoms with Crippen molar-refractivity contribution in [3.8, 4) is 11.3 Å². The molecule has 1 aliphatic rings. The smallest absolute Gasteiger partial charge is 0.194 e. The van der Waals surface area contributed by atoms with E-state index < -0.39 is 17.5 Å². The molecule has 9 heteroatoms. The van der Waals surface area contributed by atoms with Gasteiger partial charge in [-0.15, -0.1) is 0 Å². The summed E-state index contributed by atoms with van der Waals surface area (Å²) in [7, 11) is 1.89. The molecule has 2 aromatic heterocycles. The minimum Gasteiger partial charge on any atom is -0.352 e. The molecule has 6 nitrogen and oxygen atoms in total. The standard InChI is InChI=1S/C19H19F3N6/c1-26-11-13(10-25-26)12-27-4-6-28(7-5-27)19-18(23-2-3-24-19)14-8-15(20)17(22)16(21)9-14/h2-3,8-11H,4-7,12H2,1H3. The van der Waals surface area contributed by atoms with E-state index >= 15 is 0 Å². The lowest BCUT2D eigenvalue weighted by atomic mass is 10.1. The maximum Gasteiger partial charge on any atom is 0.194 e. The van der Waals surface area contributed by atoms with E-state index in [1.54, 1.807) is 4.68 Å². The van der Waals surface area contributed by atoms with Crippen LogP contribution in [0.25, 0.3) is 11.3 Å². The molecule has 3 aromatic rings. The molecule has 1 aromatic carbocycles. The van der Waals surface area contributed by atoms with Crippen molar-refractivity contribution in [2.75, 3.05) is 31.1 Å². The number of rotatable bonds is 4. The first-order chi connectivity index (χ1) is 13.5. The van der Waals surface area contributed by atoms with Gasteiger partial charge in [-0.25, -0.2) is 18.2 Å². The van der Waals surface area contributed by atoms with Crippen LogP contribution in [0, 0.1) is 17.5 Å². The molecule has 0 bridgehead atoms. The number of nitrogens with zero attached hydrogens (tertiary/aromatic N) is 6. The highest BCUT2D eigenvalue weighted by molar-refractivity contribution is 5.72. The second kappa shape index (κ2) is 7.59. The van der Waals surface area contributed by atoms with E-state index in [2.05, 4.69) is 20.0 Å². The fourth-order valence-electron chi connectivity index (χ4n) is 3.39. The van der Waals surface area contributed by atoms with Crippen molar-refractivity contribution >= 4 is 5.82 Å². The Labute approximate surface area is 160 Å². The number of hydrogen-bond donors (Lipinski definition) is 0. The summed E-state index contributed by atoms with van der Waals surface area (Å²) in [4.78, 5) is 12.9. The van der Waals surface area contributed by atoms with Crippen molar-refractivity contribution in [2.45, 2.75) is 6.54 Å². The quantitative estimate of drug-likeness (QED) is 0.643. The third kappa shape index (κ3) is 3.70. The lowest BCUT2D eigenvalue weighted by molar-refractivity contribution is 0.249. The van der Waals surface area contributed by atoms with Crippen LogP contribution in [0.15, 0.2) is 36.9 Å². The summed E-state index contributed by atoms with van der Waals surface area (Å²) in [5, 5.41) is 4.18. The topological polar surface area (TPSA) is 50.1 Å². The van der Waals surface area contributed by atoms with Gasteiger partial charge in [0, 0.05) is 69.5 Å². The van der Waals surface area contributed by atoms with Crippen molar-refractivity contribution in [3.05, 3.63) is 59.9 Å². The summed E-state index contributed by atoms with van der Waals surface area (Å²) in [6.45, 7) is 3.80. The van der Waals surface area contributed by atoms with Gasteiger partial charge in [0.1, 0.15) is 5.69 Å². The molecule has 146 valence electrons. The molecule has 0 unspecified atom stereocenters. The predicted molar refractivity (Wildman–Crippen MR) is 98.0 cm³/mol. The Balaban J connectivity index is 1.52. The Morgan fingerprint density at radius 2 is 1.64 bits per heavy atom. The van der Waals surface area contributed by atoms with Crippen molar-refractivity contribution in [2.24, 2.45) is 7.05 Å². The fourth-order valence-corrected chi connectivity index (χ4v) is 3.39. The highest BCUT2D eigenvalue weighted by atomic mass is 19.2. The molecule has 0 radical (unpaired) electrons. The number of aromatic nitrogens is 4. The van der Waals surface area contributed by atoms with Crippen molar-refractivity contribution in [1.82, 2.24) is 24.6 Å². The third-order valence-corrected chi connectivity index (χ3v) is 4.77. The van der Waals surface area contributed by atoms with Gasteiger partial charge >= 0.3 is 0 Å². The van der Waals surface area contributed by atoms with E-state index in [0.29, 0.717) is 24.6 Å². The van der Waals surface area contributed by atoms with Crippen LogP contribution in [0.5, 0.6) is 0 Å². The van der Waals surface area contributed by atoms with Gasteiger partial charge in [0.25, 0.3) is 0 Å². The van der Waals surface area contributed by atoms with Gasteiger partial charge in [0.05, 0.1) is 6.20 Å². The molecular weight excluding hydrogens is 369 g/mol. The molecule has 0 saturated carbocycles. The first-order valence-electron chi connectivity index (χ1n) is 8.92. The zero-order valence-corrected chi connectivity index (χ0v) is 15.3.